The van der Waals surface area contributed by atoms with Crippen LogP contribution in [0.15, 0.2) is 94.8 Å². The minimum absolute atomic E-state index is 0.0964. The van der Waals surface area contributed by atoms with Crippen molar-refractivity contribution in [2.75, 3.05) is 4.90 Å². The maximum absolute atomic E-state index is 13.1. The van der Waals surface area contributed by atoms with Gasteiger partial charge in [0.1, 0.15) is 0 Å². The van der Waals surface area contributed by atoms with E-state index in [-0.39, 0.29) is 5.91 Å². The van der Waals surface area contributed by atoms with E-state index in [9.17, 15) is 4.79 Å². The molecule has 0 aromatic heterocycles. The molecule has 0 N–H and O–H groups in total. The predicted molar refractivity (Wildman–Crippen MR) is 114 cm³/mol. The Labute approximate surface area is 167 Å². The largest absolute Gasteiger partial charge is 0.271 e. The third kappa shape index (κ3) is 3.97. The van der Waals surface area contributed by atoms with Crippen LogP contribution in [0.4, 0.5) is 11.4 Å². The first-order valence-electron chi connectivity index (χ1n) is 8.39. The molecule has 0 atom stereocenters. The zero-order chi connectivity index (χ0) is 18.6. The normalized spacial score (nSPS) is 17.1. The summed E-state index contributed by atoms with van der Waals surface area (Å²) in [6.45, 7) is 0. The number of nitrogens with zero attached hydrogens (tertiary/aromatic N) is 2. The smallest absolute Gasteiger partial charge is 0.268 e. The molecule has 5 heteroatoms. The van der Waals surface area contributed by atoms with E-state index in [1.165, 1.54) is 11.8 Å². The monoisotopic (exact) mass is 390 g/mol. The second kappa shape index (κ2) is 7.82. The molecular weight excluding hydrogens is 376 g/mol. The van der Waals surface area contributed by atoms with Crippen LogP contribution in [0.1, 0.15) is 5.56 Å². The van der Waals surface area contributed by atoms with Crippen molar-refractivity contribution in [1.29, 1.82) is 0 Å². The number of hydrogen-bond donors (Lipinski definition) is 0. The highest BCUT2D eigenvalue weighted by atomic mass is 35.5. The molecule has 1 saturated heterocycles. The number of benzene rings is 3. The van der Waals surface area contributed by atoms with Crippen LogP contribution in [0.5, 0.6) is 0 Å². The van der Waals surface area contributed by atoms with E-state index in [0.29, 0.717) is 15.1 Å². The van der Waals surface area contributed by atoms with Gasteiger partial charge in [0.2, 0.25) is 0 Å². The van der Waals surface area contributed by atoms with Gasteiger partial charge in [0.15, 0.2) is 5.17 Å². The van der Waals surface area contributed by atoms with Crippen LogP contribution in [-0.2, 0) is 4.79 Å². The lowest BCUT2D eigenvalue weighted by Gasteiger charge is -2.15. The fourth-order valence-corrected chi connectivity index (χ4v) is 3.81. The SMILES string of the molecule is O=C1C(=Cc2ccccc2)SC(=Nc2ccccc2)N1c1ccc(Cl)cc1. The lowest BCUT2D eigenvalue weighted by atomic mass is 10.2. The third-order valence-electron chi connectivity index (χ3n) is 3.97. The van der Waals surface area contributed by atoms with Crippen LogP contribution in [0.3, 0.4) is 0 Å². The first-order valence-corrected chi connectivity index (χ1v) is 9.58. The van der Waals surface area contributed by atoms with Crippen molar-refractivity contribution >= 4 is 51.9 Å². The first-order chi connectivity index (χ1) is 13.2. The minimum atomic E-state index is -0.0964. The summed E-state index contributed by atoms with van der Waals surface area (Å²) in [4.78, 5) is 20.1. The van der Waals surface area contributed by atoms with E-state index in [1.54, 1.807) is 17.0 Å². The van der Waals surface area contributed by atoms with E-state index < -0.39 is 0 Å². The zero-order valence-corrected chi connectivity index (χ0v) is 15.8. The van der Waals surface area contributed by atoms with E-state index in [4.69, 9.17) is 16.6 Å². The molecule has 3 nitrogen and oxygen atoms in total. The summed E-state index contributed by atoms with van der Waals surface area (Å²) in [5.74, 6) is -0.0964. The van der Waals surface area contributed by atoms with Gasteiger partial charge in [-0.15, -0.1) is 0 Å². The number of anilines is 1. The molecular formula is C22H15ClN2OS. The summed E-state index contributed by atoms with van der Waals surface area (Å²) in [6.07, 6.45) is 1.89. The lowest BCUT2D eigenvalue weighted by Crippen LogP contribution is -2.28. The van der Waals surface area contributed by atoms with Gasteiger partial charge >= 0.3 is 0 Å². The first kappa shape index (κ1) is 17.6. The van der Waals surface area contributed by atoms with Crippen molar-refractivity contribution in [2.45, 2.75) is 0 Å². The molecule has 0 unspecified atom stereocenters. The molecule has 3 aromatic carbocycles. The average Bonchev–Trinajstić information content (AvgIpc) is 2.99. The zero-order valence-electron chi connectivity index (χ0n) is 14.2. The Morgan fingerprint density at radius 3 is 2.15 bits per heavy atom. The van der Waals surface area contributed by atoms with Crippen molar-refractivity contribution in [3.63, 3.8) is 0 Å². The summed E-state index contributed by atoms with van der Waals surface area (Å²) in [6, 6.07) is 26.6. The van der Waals surface area contributed by atoms with Gasteiger partial charge < -0.3 is 0 Å². The van der Waals surface area contributed by atoms with Gasteiger partial charge in [0.25, 0.3) is 5.91 Å². The number of amidine groups is 1. The predicted octanol–water partition coefficient (Wildman–Crippen LogP) is 6.15. The molecule has 1 aliphatic heterocycles. The lowest BCUT2D eigenvalue weighted by molar-refractivity contribution is -0.113. The third-order valence-corrected chi connectivity index (χ3v) is 5.19. The average molecular weight is 391 g/mol. The summed E-state index contributed by atoms with van der Waals surface area (Å²) < 4.78 is 0. The summed E-state index contributed by atoms with van der Waals surface area (Å²) in [5, 5.41) is 1.25. The van der Waals surface area contributed by atoms with Gasteiger partial charge in [-0.1, -0.05) is 60.1 Å². The molecule has 0 bridgehead atoms. The molecule has 132 valence electrons. The summed E-state index contributed by atoms with van der Waals surface area (Å²) in [5.41, 5.74) is 2.51. The standard InChI is InChI=1S/C22H15ClN2OS/c23-17-11-13-19(14-12-17)25-21(26)20(15-16-7-3-1-4-8-16)27-22(25)24-18-9-5-2-6-10-18/h1-15H. The number of para-hydroxylation sites is 1. The van der Waals surface area contributed by atoms with Gasteiger partial charge in [0.05, 0.1) is 16.3 Å². The Bertz CT molecular complexity index is 1020. The van der Waals surface area contributed by atoms with Crippen molar-refractivity contribution in [3.05, 3.63) is 100 Å². The molecule has 1 amide bonds. The van der Waals surface area contributed by atoms with Crippen LogP contribution in [0, 0.1) is 0 Å². The van der Waals surface area contributed by atoms with E-state index in [2.05, 4.69) is 0 Å². The van der Waals surface area contributed by atoms with Crippen LogP contribution in [0.25, 0.3) is 6.08 Å². The van der Waals surface area contributed by atoms with E-state index >= 15 is 0 Å². The summed E-state index contributed by atoms with van der Waals surface area (Å²) in [7, 11) is 0. The Morgan fingerprint density at radius 1 is 0.852 bits per heavy atom. The second-order valence-electron chi connectivity index (χ2n) is 5.87. The van der Waals surface area contributed by atoms with Crippen molar-refractivity contribution in [3.8, 4) is 0 Å². The number of rotatable bonds is 3. The number of aliphatic imine (C=N–C) groups is 1. The number of hydrogen-bond acceptors (Lipinski definition) is 3. The molecule has 3 aromatic rings. The fraction of sp³-hybridized carbons (Fsp3) is 0. The minimum Gasteiger partial charge on any atom is -0.268 e. The molecule has 1 heterocycles. The highest BCUT2D eigenvalue weighted by Crippen LogP contribution is 2.37. The maximum atomic E-state index is 13.1. The topological polar surface area (TPSA) is 32.7 Å². The van der Waals surface area contributed by atoms with Crippen LogP contribution in [-0.4, -0.2) is 11.1 Å². The van der Waals surface area contributed by atoms with Gasteiger partial charge in [-0.05, 0) is 59.8 Å². The van der Waals surface area contributed by atoms with E-state index in [1.807, 2.05) is 78.9 Å². The van der Waals surface area contributed by atoms with Crippen molar-refractivity contribution in [1.82, 2.24) is 0 Å². The van der Waals surface area contributed by atoms with Gasteiger partial charge in [-0.2, -0.15) is 0 Å². The maximum Gasteiger partial charge on any atom is 0.271 e. The van der Waals surface area contributed by atoms with Crippen molar-refractivity contribution < 1.29 is 4.79 Å². The Morgan fingerprint density at radius 2 is 1.48 bits per heavy atom. The molecule has 1 aliphatic rings. The van der Waals surface area contributed by atoms with E-state index in [0.717, 1.165) is 16.9 Å². The van der Waals surface area contributed by atoms with Crippen LogP contribution in [0.2, 0.25) is 5.02 Å². The van der Waals surface area contributed by atoms with Gasteiger partial charge in [0, 0.05) is 5.02 Å². The Kier molecular flexibility index (Phi) is 5.10. The Balaban J connectivity index is 1.77. The number of amides is 1. The highest BCUT2D eigenvalue weighted by Gasteiger charge is 2.34. The number of carbonyl (C=O) groups excluding carboxylic acids is 1. The number of carbonyl (C=O) groups is 1. The Hall–Kier alpha value is -2.82. The molecule has 0 saturated carbocycles. The highest BCUT2D eigenvalue weighted by molar-refractivity contribution is 8.19. The summed E-state index contributed by atoms with van der Waals surface area (Å²) >= 11 is 7.38. The molecule has 1 fully saturated rings. The fourth-order valence-electron chi connectivity index (χ4n) is 2.68. The van der Waals surface area contributed by atoms with Crippen molar-refractivity contribution in [2.24, 2.45) is 4.99 Å². The quantitative estimate of drug-likeness (QED) is 0.502. The van der Waals surface area contributed by atoms with Gasteiger partial charge in [-0.3, -0.25) is 9.69 Å². The molecule has 0 spiro atoms. The van der Waals surface area contributed by atoms with Gasteiger partial charge in [-0.25, -0.2) is 4.99 Å². The molecule has 4 rings (SSSR count). The van der Waals surface area contributed by atoms with Crippen LogP contribution >= 0.6 is 23.4 Å². The second-order valence-corrected chi connectivity index (χ2v) is 7.31. The number of halogens is 1. The molecule has 0 aliphatic carbocycles. The van der Waals surface area contributed by atoms with Crippen LogP contribution < -0.4 is 4.90 Å². The number of thioether (sulfide) groups is 1. The molecule has 27 heavy (non-hydrogen) atoms. The molecule has 0 radical (unpaired) electrons.